The number of hydrogen-bond acceptors (Lipinski definition) is 6. The molecule has 3 rings (SSSR count). The smallest absolute Gasteiger partial charge is 0.323 e. The summed E-state index contributed by atoms with van der Waals surface area (Å²) in [4.78, 5) is 26.7. The van der Waals surface area contributed by atoms with Crippen molar-refractivity contribution in [2.45, 2.75) is 24.5 Å². The molecule has 9 heteroatoms. The summed E-state index contributed by atoms with van der Waals surface area (Å²) in [5.74, 6) is -1.21. The standard InChI is InChI=1S/C18H17N3O5S/c1-10-3-4-13-12(5-10)8-27(24,25)16-7-14(11(2)6-15(13)16)17(23)20-18(19)21-26-9-22/h3-7,9H,8H2,1-2H3,(H3,19,20,21,23). The molecule has 0 fully saturated rings. The lowest BCUT2D eigenvalue weighted by atomic mass is 9.95. The van der Waals surface area contributed by atoms with Gasteiger partial charge in [-0.2, -0.15) is 0 Å². The number of nitrogens with zero attached hydrogens (tertiary/aromatic N) is 1. The maximum atomic E-state index is 12.8. The fraction of sp³-hybridized carbons (Fsp3) is 0.167. The summed E-state index contributed by atoms with van der Waals surface area (Å²) in [5, 5.41) is 5.41. The van der Waals surface area contributed by atoms with Gasteiger partial charge in [-0.1, -0.05) is 23.8 Å². The average Bonchev–Trinajstić information content (AvgIpc) is 2.58. The summed E-state index contributed by atoms with van der Waals surface area (Å²) in [6.07, 6.45) is 0. The van der Waals surface area contributed by atoms with Crippen LogP contribution in [0.2, 0.25) is 0 Å². The molecule has 0 aromatic heterocycles. The minimum Gasteiger partial charge on any atom is -0.367 e. The molecule has 0 saturated heterocycles. The van der Waals surface area contributed by atoms with E-state index in [0.29, 0.717) is 11.1 Å². The van der Waals surface area contributed by atoms with E-state index in [2.05, 4.69) is 15.3 Å². The predicted octanol–water partition coefficient (Wildman–Crippen LogP) is 1.39. The molecule has 8 nitrogen and oxygen atoms in total. The molecule has 0 bridgehead atoms. The summed E-state index contributed by atoms with van der Waals surface area (Å²) in [7, 11) is -3.60. The van der Waals surface area contributed by atoms with Crippen LogP contribution in [0.5, 0.6) is 0 Å². The van der Waals surface area contributed by atoms with Gasteiger partial charge in [0.15, 0.2) is 9.84 Å². The van der Waals surface area contributed by atoms with Gasteiger partial charge in [-0.25, -0.2) is 8.42 Å². The van der Waals surface area contributed by atoms with Gasteiger partial charge >= 0.3 is 6.47 Å². The number of amides is 1. The van der Waals surface area contributed by atoms with E-state index in [1.807, 2.05) is 25.1 Å². The van der Waals surface area contributed by atoms with E-state index in [4.69, 9.17) is 5.73 Å². The van der Waals surface area contributed by atoms with Crippen molar-refractivity contribution in [1.82, 2.24) is 5.32 Å². The molecule has 0 spiro atoms. The van der Waals surface area contributed by atoms with Gasteiger partial charge in [0.25, 0.3) is 5.91 Å². The molecule has 1 heterocycles. The molecular formula is C18H17N3O5S. The summed E-state index contributed by atoms with van der Waals surface area (Å²) >= 11 is 0. The lowest BCUT2D eigenvalue weighted by Gasteiger charge is -2.22. The van der Waals surface area contributed by atoms with Gasteiger partial charge in [-0.15, -0.1) is 0 Å². The molecule has 140 valence electrons. The first-order valence-corrected chi connectivity index (χ1v) is 9.60. The summed E-state index contributed by atoms with van der Waals surface area (Å²) in [6.45, 7) is 3.65. The number of carbonyl (C=O) groups is 2. The van der Waals surface area contributed by atoms with Gasteiger partial charge in [-0.3, -0.25) is 14.9 Å². The fourth-order valence-corrected chi connectivity index (χ4v) is 4.68. The van der Waals surface area contributed by atoms with E-state index >= 15 is 0 Å². The first kappa shape index (κ1) is 18.6. The number of aryl methyl sites for hydroxylation is 2. The van der Waals surface area contributed by atoms with Crippen molar-refractivity contribution >= 4 is 28.2 Å². The highest BCUT2D eigenvalue weighted by atomic mass is 32.2. The molecule has 3 N–H and O–H groups in total. The second-order valence-corrected chi connectivity index (χ2v) is 8.17. The summed E-state index contributed by atoms with van der Waals surface area (Å²) < 4.78 is 25.5. The Balaban J connectivity index is 2.09. The van der Waals surface area contributed by atoms with Gasteiger partial charge < -0.3 is 10.6 Å². The molecule has 2 aromatic carbocycles. The molecule has 0 atom stereocenters. The Hall–Kier alpha value is -3.20. The van der Waals surface area contributed by atoms with Crippen LogP contribution in [0.4, 0.5) is 0 Å². The Bertz CT molecular complexity index is 1090. The minimum atomic E-state index is -3.60. The number of oxime groups is 1. The predicted molar refractivity (Wildman–Crippen MR) is 98.5 cm³/mol. The number of guanidine groups is 1. The van der Waals surface area contributed by atoms with Gasteiger partial charge in [0.05, 0.1) is 10.6 Å². The molecule has 27 heavy (non-hydrogen) atoms. The Kier molecular flexibility index (Phi) is 4.71. The van der Waals surface area contributed by atoms with Crippen LogP contribution in [-0.2, 0) is 25.2 Å². The highest BCUT2D eigenvalue weighted by molar-refractivity contribution is 7.90. The van der Waals surface area contributed by atoms with Crippen LogP contribution in [0.15, 0.2) is 40.4 Å². The van der Waals surface area contributed by atoms with Crippen molar-refractivity contribution in [3.63, 3.8) is 0 Å². The highest BCUT2D eigenvalue weighted by Crippen LogP contribution is 2.39. The maximum absolute atomic E-state index is 12.8. The van der Waals surface area contributed by atoms with Gasteiger partial charge in [-0.05, 0) is 47.8 Å². The third kappa shape index (κ3) is 3.54. The largest absolute Gasteiger partial charge is 0.367 e. The second-order valence-electron chi connectivity index (χ2n) is 6.22. The van der Waals surface area contributed by atoms with E-state index in [1.165, 1.54) is 6.07 Å². The quantitative estimate of drug-likeness (QED) is 0.269. The SMILES string of the molecule is Cc1ccc2c(c1)CS(=O)(=O)c1cc(C(=O)NC(N)=NOC=O)c(C)cc1-2. The molecule has 2 aromatic rings. The molecule has 0 saturated carbocycles. The topological polar surface area (TPSA) is 128 Å². The number of benzene rings is 2. The first-order valence-electron chi connectivity index (χ1n) is 7.94. The minimum absolute atomic E-state index is 0.0505. The Morgan fingerprint density at radius 1 is 1.22 bits per heavy atom. The van der Waals surface area contributed by atoms with Crippen molar-refractivity contribution in [2.75, 3.05) is 0 Å². The van der Waals surface area contributed by atoms with Crippen LogP contribution in [0.25, 0.3) is 11.1 Å². The van der Waals surface area contributed by atoms with E-state index < -0.39 is 21.7 Å². The van der Waals surface area contributed by atoms with Crippen molar-refractivity contribution in [1.29, 1.82) is 0 Å². The van der Waals surface area contributed by atoms with Crippen LogP contribution in [-0.4, -0.2) is 26.8 Å². The van der Waals surface area contributed by atoms with Crippen LogP contribution >= 0.6 is 0 Å². The Labute approximate surface area is 155 Å². The molecule has 1 amide bonds. The molecule has 0 radical (unpaired) electrons. The van der Waals surface area contributed by atoms with E-state index in [1.54, 1.807) is 13.0 Å². The van der Waals surface area contributed by atoms with Gasteiger partial charge in [0.1, 0.15) is 0 Å². The van der Waals surface area contributed by atoms with E-state index in [0.717, 1.165) is 16.7 Å². The Morgan fingerprint density at radius 2 is 1.96 bits per heavy atom. The highest BCUT2D eigenvalue weighted by Gasteiger charge is 2.30. The lowest BCUT2D eigenvalue weighted by Crippen LogP contribution is -2.37. The van der Waals surface area contributed by atoms with Gasteiger partial charge in [0.2, 0.25) is 5.96 Å². The zero-order chi connectivity index (χ0) is 19.8. The molecular weight excluding hydrogens is 370 g/mol. The van der Waals surface area contributed by atoms with E-state index in [-0.39, 0.29) is 22.7 Å². The Morgan fingerprint density at radius 3 is 2.67 bits per heavy atom. The van der Waals surface area contributed by atoms with Crippen molar-refractivity contribution < 1.29 is 22.8 Å². The number of sulfone groups is 1. The van der Waals surface area contributed by atoms with E-state index in [9.17, 15) is 18.0 Å². The number of fused-ring (bicyclic) bond motifs is 3. The summed E-state index contributed by atoms with van der Waals surface area (Å²) in [6, 6.07) is 8.67. The third-order valence-corrected chi connectivity index (χ3v) is 5.94. The average molecular weight is 387 g/mol. The van der Waals surface area contributed by atoms with Crippen LogP contribution in [0, 0.1) is 13.8 Å². The zero-order valence-electron chi connectivity index (χ0n) is 14.6. The lowest BCUT2D eigenvalue weighted by molar-refractivity contribution is -0.128. The molecule has 0 unspecified atom stereocenters. The van der Waals surface area contributed by atoms with Crippen LogP contribution in [0.1, 0.15) is 27.0 Å². The normalized spacial score (nSPS) is 14.7. The fourth-order valence-electron chi connectivity index (χ4n) is 3.07. The summed E-state index contributed by atoms with van der Waals surface area (Å²) in [5.41, 5.74) is 9.25. The number of nitrogens with one attached hydrogen (secondary N) is 1. The van der Waals surface area contributed by atoms with Gasteiger partial charge in [0, 0.05) is 11.1 Å². The second kappa shape index (κ2) is 6.84. The third-order valence-electron chi connectivity index (χ3n) is 4.24. The molecule has 1 aliphatic heterocycles. The van der Waals surface area contributed by atoms with Crippen LogP contribution < -0.4 is 11.1 Å². The number of hydrogen-bond donors (Lipinski definition) is 2. The van der Waals surface area contributed by atoms with Crippen LogP contribution in [0.3, 0.4) is 0 Å². The monoisotopic (exact) mass is 387 g/mol. The zero-order valence-corrected chi connectivity index (χ0v) is 15.5. The van der Waals surface area contributed by atoms with Crippen molar-refractivity contribution in [2.24, 2.45) is 10.9 Å². The number of nitrogens with two attached hydrogens (primary N) is 1. The molecule has 0 aliphatic carbocycles. The maximum Gasteiger partial charge on any atom is 0.323 e. The number of carbonyl (C=O) groups excluding carboxylic acids is 2. The number of rotatable bonds is 3. The molecule has 1 aliphatic rings. The van der Waals surface area contributed by atoms with Crippen molar-refractivity contribution in [3.8, 4) is 11.1 Å². The first-order chi connectivity index (χ1) is 12.7. The van der Waals surface area contributed by atoms with Crippen molar-refractivity contribution in [3.05, 3.63) is 52.6 Å².